The number of amides is 2. The van der Waals surface area contributed by atoms with Gasteiger partial charge in [-0.1, -0.05) is 38.1 Å². The van der Waals surface area contributed by atoms with E-state index in [1.54, 1.807) is 4.68 Å². The van der Waals surface area contributed by atoms with Crippen LogP contribution in [0, 0.1) is 5.92 Å². The second-order valence-electron chi connectivity index (χ2n) is 6.33. The largest absolute Gasteiger partial charge is 0.334 e. The van der Waals surface area contributed by atoms with Crippen LogP contribution in [0.4, 0.5) is 4.79 Å². The molecular formula is C18H26N4O. The number of hydrogen-bond acceptors (Lipinski definition) is 2. The van der Waals surface area contributed by atoms with E-state index in [0.717, 1.165) is 12.1 Å². The van der Waals surface area contributed by atoms with E-state index in [9.17, 15) is 4.79 Å². The predicted molar refractivity (Wildman–Crippen MR) is 92.0 cm³/mol. The third-order valence-electron chi connectivity index (χ3n) is 3.71. The number of aryl methyl sites for hydroxylation is 1. The van der Waals surface area contributed by atoms with Crippen molar-refractivity contribution in [1.29, 1.82) is 0 Å². The van der Waals surface area contributed by atoms with Crippen molar-refractivity contribution in [2.45, 2.75) is 39.8 Å². The molecule has 0 saturated carbocycles. The maximum absolute atomic E-state index is 12.1. The average molecular weight is 314 g/mol. The SMILES string of the molecule is CC(C)Cc1ccccc1CNC(=O)NC(C)c1ccn(C)n1. The van der Waals surface area contributed by atoms with E-state index < -0.39 is 0 Å². The molecule has 1 aromatic carbocycles. The molecule has 0 aliphatic carbocycles. The minimum absolute atomic E-state index is 0.123. The van der Waals surface area contributed by atoms with Crippen molar-refractivity contribution in [1.82, 2.24) is 20.4 Å². The van der Waals surface area contributed by atoms with Crippen LogP contribution in [-0.4, -0.2) is 15.8 Å². The Hall–Kier alpha value is -2.30. The van der Waals surface area contributed by atoms with Gasteiger partial charge in [0.25, 0.3) is 0 Å². The quantitative estimate of drug-likeness (QED) is 0.860. The number of benzene rings is 1. The summed E-state index contributed by atoms with van der Waals surface area (Å²) in [5.41, 5.74) is 3.31. The molecule has 0 bridgehead atoms. The van der Waals surface area contributed by atoms with Gasteiger partial charge in [-0.15, -0.1) is 0 Å². The van der Waals surface area contributed by atoms with Crippen LogP contribution in [0.15, 0.2) is 36.5 Å². The molecule has 0 fully saturated rings. The first-order chi connectivity index (χ1) is 11.0. The summed E-state index contributed by atoms with van der Waals surface area (Å²) in [6.07, 6.45) is 2.89. The first kappa shape index (κ1) is 17.1. The van der Waals surface area contributed by atoms with Crippen molar-refractivity contribution in [3.05, 3.63) is 53.3 Å². The van der Waals surface area contributed by atoms with Crippen LogP contribution < -0.4 is 10.6 Å². The minimum Gasteiger partial charge on any atom is -0.334 e. The highest BCUT2D eigenvalue weighted by Crippen LogP contribution is 2.14. The Morgan fingerprint density at radius 1 is 1.17 bits per heavy atom. The summed E-state index contributed by atoms with van der Waals surface area (Å²) >= 11 is 0. The number of rotatable bonds is 6. The van der Waals surface area contributed by atoms with E-state index in [0.29, 0.717) is 12.5 Å². The molecule has 5 heteroatoms. The smallest absolute Gasteiger partial charge is 0.315 e. The van der Waals surface area contributed by atoms with E-state index in [4.69, 9.17) is 0 Å². The van der Waals surface area contributed by atoms with Gasteiger partial charge >= 0.3 is 6.03 Å². The molecule has 0 saturated heterocycles. The van der Waals surface area contributed by atoms with Crippen molar-refractivity contribution < 1.29 is 4.79 Å². The number of urea groups is 1. The van der Waals surface area contributed by atoms with Gasteiger partial charge in [0.1, 0.15) is 0 Å². The third kappa shape index (κ3) is 5.13. The van der Waals surface area contributed by atoms with Gasteiger partial charge in [0.05, 0.1) is 11.7 Å². The summed E-state index contributed by atoms with van der Waals surface area (Å²) in [4.78, 5) is 12.1. The molecule has 1 aromatic heterocycles. The first-order valence-corrected chi connectivity index (χ1v) is 8.06. The fourth-order valence-electron chi connectivity index (χ4n) is 2.53. The second-order valence-corrected chi connectivity index (χ2v) is 6.33. The van der Waals surface area contributed by atoms with E-state index >= 15 is 0 Å². The monoisotopic (exact) mass is 314 g/mol. The van der Waals surface area contributed by atoms with Crippen LogP contribution in [0.1, 0.15) is 43.6 Å². The number of nitrogens with zero attached hydrogens (tertiary/aromatic N) is 2. The van der Waals surface area contributed by atoms with E-state index in [-0.39, 0.29) is 12.1 Å². The van der Waals surface area contributed by atoms with Crippen molar-refractivity contribution in [3.63, 3.8) is 0 Å². The molecule has 1 heterocycles. The van der Waals surface area contributed by atoms with Gasteiger partial charge in [-0.05, 0) is 36.5 Å². The maximum Gasteiger partial charge on any atom is 0.315 e. The van der Waals surface area contributed by atoms with Gasteiger partial charge in [0.2, 0.25) is 0 Å². The van der Waals surface area contributed by atoms with Crippen molar-refractivity contribution in [2.24, 2.45) is 13.0 Å². The molecule has 2 amide bonds. The zero-order valence-electron chi connectivity index (χ0n) is 14.3. The fraction of sp³-hybridized carbons (Fsp3) is 0.444. The van der Waals surface area contributed by atoms with E-state index in [2.05, 4.69) is 41.7 Å². The van der Waals surface area contributed by atoms with Crippen LogP contribution in [-0.2, 0) is 20.0 Å². The van der Waals surface area contributed by atoms with Gasteiger partial charge < -0.3 is 10.6 Å². The van der Waals surface area contributed by atoms with Crippen molar-refractivity contribution in [2.75, 3.05) is 0 Å². The Labute approximate surface area is 138 Å². The number of aromatic nitrogens is 2. The lowest BCUT2D eigenvalue weighted by Gasteiger charge is -2.15. The molecule has 1 atom stereocenters. The van der Waals surface area contributed by atoms with Gasteiger partial charge in [-0.25, -0.2) is 4.79 Å². The van der Waals surface area contributed by atoms with Gasteiger partial charge in [0.15, 0.2) is 0 Å². The Balaban J connectivity index is 1.89. The van der Waals surface area contributed by atoms with Crippen LogP contribution in [0.3, 0.4) is 0 Å². The summed E-state index contributed by atoms with van der Waals surface area (Å²) in [5.74, 6) is 0.592. The summed E-state index contributed by atoms with van der Waals surface area (Å²) in [7, 11) is 1.86. The molecule has 0 radical (unpaired) electrons. The zero-order valence-corrected chi connectivity index (χ0v) is 14.3. The molecule has 2 rings (SSSR count). The van der Waals surface area contributed by atoms with Crippen molar-refractivity contribution in [3.8, 4) is 0 Å². The Morgan fingerprint density at radius 3 is 2.48 bits per heavy atom. The lowest BCUT2D eigenvalue weighted by molar-refractivity contribution is 0.237. The molecule has 5 nitrogen and oxygen atoms in total. The van der Waals surface area contributed by atoms with Crippen LogP contribution in [0.2, 0.25) is 0 Å². The Bertz CT molecular complexity index is 648. The summed E-state index contributed by atoms with van der Waals surface area (Å²) < 4.78 is 1.73. The molecular weight excluding hydrogens is 288 g/mol. The molecule has 2 N–H and O–H groups in total. The fourth-order valence-corrected chi connectivity index (χ4v) is 2.53. The lowest BCUT2D eigenvalue weighted by atomic mass is 9.98. The number of carbonyl (C=O) groups excluding carboxylic acids is 1. The van der Waals surface area contributed by atoms with Crippen molar-refractivity contribution >= 4 is 6.03 Å². The van der Waals surface area contributed by atoms with Crippen LogP contribution in [0.5, 0.6) is 0 Å². The Kier molecular flexibility index (Phi) is 5.79. The molecule has 124 valence electrons. The third-order valence-corrected chi connectivity index (χ3v) is 3.71. The molecule has 0 spiro atoms. The second kappa shape index (κ2) is 7.81. The number of carbonyl (C=O) groups is 1. The highest BCUT2D eigenvalue weighted by atomic mass is 16.2. The standard InChI is InChI=1S/C18H26N4O/c1-13(2)11-15-7-5-6-8-16(15)12-19-18(23)20-14(3)17-9-10-22(4)21-17/h5-10,13-14H,11-12H2,1-4H3,(H2,19,20,23). The van der Waals surface area contributed by atoms with Crippen LogP contribution >= 0.6 is 0 Å². The summed E-state index contributed by atoms with van der Waals surface area (Å²) in [5, 5.41) is 10.2. The molecule has 23 heavy (non-hydrogen) atoms. The first-order valence-electron chi connectivity index (χ1n) is 8.06. The lowest BCUT2D eigenvalue weighted by Crippen LogP contribution is -2.37. The minimum atomic E-state index is -0.178. The van der Waals surface area contributed by atoms with Gasteiger partial charge in [-0.3, -0.25) is 4.68 Å². The molecule has 2 aromatic rings. The highest BCUT2D eigenvalue weighted by Gasteiger charge is 2.12. The van der Waals surface area contributed by atoms with Crippen LogP contribution in [0.25, 0.3) is 0 Å². The summed E-state index contributed by atoms with van der Waals surface area (Å²) in [6.45, 7) is 6.86. The van der Waals surface area contributed by atoms with Gasteiger partial charge in [0, 0.05) is 19.8 Å². The maximum atomic E-state index is 12.1. The Morgan fingerprint density at radius 2 is 1.87 bits per heavy atom. The topological polar surface area (TPSA) is 59.0 Å². The number of hydrogen-bond donors (Lipinski definition) is 2. The average Bonchev–Trinajstić information content (AvgIpc) is 2.92. The molecule has 1 unspecified atom stereocenters. The molecule has 0 aliphatic rings. The molecule has 0 aliphatic heterocycles. The highest BCUT2D eigenvalue weighted by molar-refractivity contribution is 5.74. The zero-order chi connectivity index (χ0) is 16.8. The predicted octanol–water partition coefficient (Wildman–Crippen LogP) is 3.18. The van der Waals surface area contributed by atoms with Gasteiger partial charge in [-0.2, -0.15) is 5.10 Å². The number of nitrogens with one attached hydrogen (secondary N) is 2. The van der Waals surface area contributed by atoms with E-state index in [1.165, 1.54) is 11.1 Å². The summed E-state index contributed by atoms with van der Waals surface area (Å²) in [6, 6.07) is 9.86. The normalized spacial score (nSPS) is 12.2. The van der Waals surface area contributed by atoms with E-state index in [1.807, 2.05) is 38.4 Å².